The minimum atomic E-state index is 0.352. The monoisotopic (exact) mass is 234 g/mol. The van der Waals surface area contributed by atoms with Crippen molar-refractivity contribution in [1.82, 2.24) is 0 Å². The zero-order valence-corrected chi connectivity index (χ0v) is 11.1. The molecule has 2 rings (SSSR count). The second kappa shape index (κ2) is 4.10. The van der Waals surface area contributed by atoms with Gasteiger partial charge in [0, 0.05) is 9.58 Å². The summed E-state index contributed by atoms with van der Waals surface area (Å²) in [4.78, 5) is 1.45. The molecule has 0 N–H and O–H groups in total. The molecule has 0 saturated heterocycles. The van der Waals surface area contributed by atoms with Gasteiger partial charge in [0.2, 0.25) is 0 Å². The SMILES string of the molecule is COc1ccc2cc(CC(C)(C)C)sc2c1. The molecule has 0 aliphatic rings. The standard InChI is InChI=1S/C14H18OS/c1-14(2,3)9-12-7-10-5-6-11(15-4)8-13(10)16-12/h5-8H,9H2,1-4H3. The van der Waals surface area contributed by atoms with Crippen LogP contribution in [0.2, 0.25) is 0 Å². The number of hydrogen-bond acceptors (Lipinski definition) is 2. The van der Waals surface area contributed by atoms with Crippen molar-refractivity contribution in [3.63, 3.8) is 0 Å². The first-order chi connectivity index (χ1) is 7.48. The molecule has 2 aromatic rings. The van der Waals surface area contributed by atoms with Crippen molar-refractivity contribution in [2.45, 2.75) is 27.2 Å². The summed E-state index contributed by atoms with van der Waals surface area (Å²) in [6, 6.07) is 8.57. The number of fused-ring (bicyclic) bond motifs is 1. The molecule has 0 aliphatic heterocycles. The van der Waals surface area contributed by atoms with Crippen molar-refractivity contribution in [2.75, 3.05) is 7.11 Å². The third kappa shape index (κ3) is 2.56. The van der Waals surface area contributed by atoms with Crippen molar-refractivity contribution >= 4 is 21.4 Å². The highest BCUT2D eigenvalue weighted by Gasteiger charge is 2.13. The Morgan fingerprint density at radius 1 is 1.19 bits per heavy atom. The van der Waals surface area contributed by atoms with Crippen LogP contribution in [0.4, 0.5) is 0 Å². The molecule has 0 fully saturated rings. The van der Waals surface area contributed by atoms with Crippen LogP contribution in [0.15, 0.2) is 24.3 Å². The van der Waals surface area contributed by atoms with Gasteiger partial charge in [-0.15, -0.1) is 11.3 Å². The lowest BCUT2D eigenvalue weighted by molar-refractivity contribution is 0.414. The molecule has 0 aliphatic carbocycles. The van der Waals surface area contributed by atoms with E-state index in [-0.39, 0.29) is 0 Å². The highest BCUT2D eigenvalue weighted by molar-refractivity contribution is 7.19. The van der Waals surface area contributed by atoms with Crippen LogP contribution >= 0.6 is 11.3 Å². The number of methoxy groups -OCH3 is 1. The smallest absolute Gasteiger partial charge is 0.120 e. The Kier molecular flexibility index (Phi) is 2.94. The lowest BCUT2D eigenvalue weighted by Gasteiger charge is -2.16. The van der Waals surface area contributed by atoms with Gasteiger partial charge in [-0.2, -0.15) is 0 Å². The molecule has 1 aromatic heterocycles. The fourth-order valence-electron chi connectivity index (χ4n) is 1.80. The average Bonchev–Trinajstić information content (AvgIpc) is 2.55. The topological polar surface area (TPSA) is 9.23 Å². The molecule has 16 heavy (non-hydrogen) atoms. The Bertz CT molecular complexity index is 491. The van der Waals surface area contributed by atoms with E-state index in [2.05, 4.69) is 39.0 Å². The van der Waals surface area contributed by atoms with E-state index in [1.165, 1.54) is 15.0 Å². The van der Waals surface area contributed by atoms with Crippen molar-refractivity contribution in [3.8, 4) is 5.75 Å². The van der Waals surface area contributed by atoms with Crippen LogP contribution in [0.1, 0.15) is 25.6 Å². The second-order valence-electron chi connectivity index (χ2n) is 5.35. The largest absolute Gasteiger partial charge is 0.497 e. The molecule has 0 radical (unpaired) electrons. The summed E-state index contributed by atoms with van der Waals surface area (Å²) in [5, 5.41) is 1.32. The van der Waals surface area contributed by atoms with Gasteiger partial charge in [-0.05, 0) is 41.5 Å². The molecule has 0 unspecified atom stereocenters. The van der Waals surface area contributed by atoms with Gasteiger partial charge < -0.3 is 4.74 Å². The van der Waals surface area contributed by atoms with Crippen LogP contribution in [-0.4, -0.2) is 7.11 Å². The molecule has 0 saturated carbocycles. The van der Waals surface area contributed by atoms with E-state index in [1.54, 1.807) is 7.11 Å². The van der Waals surface area contributed by atoms with E-state index in [4.69, 9.17) is 4.74 Å². The highest BCUT2D eigenvalue weighted by Crippen LogP contribution is 2.32. The summed E-state index contributed by atoms with van der Waals surface area (Å²) in [6.45, 7) is 6.83. The Labute approximate surface area is 101 Å². The molecule has 1 heterocycles. The minimum absolute atomic E-state index is 0.352. The maximum atomic E-state index is 5.24. The summed E-state index contributed by atoms with van der Waals surface area (Å²) in [5.41, 5.74) is 0.352. The molecular weight excluding hydrogens is 216 g/mol. The molecule has 0 spiro atoms. The highest BCUT2D eigenvalue weighted by atomic mass is 32.1. The van der Waals surface area contributed by atoms with Gasteiger partial charge in [0.25, 0.3) is 0 Å². The first-order valence-electron chi connectivity index (χ1n) is 5.54. The summed E-state index contributed by atoms with van der Waals surface area (Å²) in [7, 11) is 1.71. The Balaban J connectivity index is 2.36. The normalized spacial score (nSPS) is 12.0. The summed E-state index contributed by atoms with van der Waals surface area (Å²) in [5.74, 6) is 0.941. The van der Waals surface area contributed by atoms with Crippen molar-refractivity contribution in [2.24, 2.45) is 5.41 Å². The van der Waals surface area contributed by atoms with Crippen molar-refractivity contribution < 1.29 is 4.74 Å². The quantitative estimate of drug-likeness (QED) is 0.743. The van der Waals surface area contributed by atoms with Gasteiger partial charge in [-0.1, -0.05) is 20.8 Å². The minimum Gasteiger partial charge on any atom is -0.497 e. The Hall–Kier alpha value is -1.02. The third-order valence-corrected chi connectivity index (χ3v) is 3.58. The first kappa shape index (κ1) is 11.5. The zero-order chi connectivity index (χ0) is 11.8. The third-order valence-electron chi connectivity index (χ3n) is 2.48. The van der Waals surface area contributed by atoms with Crippen molar-refractivity contribution in [1.29, 1.82) is 0 Å². The number of thiophene rings is 1. The maximum Gasteiger partial charge on any atom is 0.120 e. The second-order valence-corrected chi connectivity index (χ2v) is 6.52. The molecule has 86 valence electrons. The van der Waals surface area contributed by atoms with Gasteiger partial charge >= 0.3 is 0 Å². The Morgan fingerprint density at radius 3 is 2.56 bits per heavy atom. The predicted molar refractivity (Wildman–Crippen MR) is 71.5 cm³/mol. The summed E-state index contributed by atoms with van der Waals surface area (Å²) in [6.07, 6.45) is 1.13. The lowest BCUT2D eigenvalue weighted by atomic mass is 9.91. The van der Waals surface area contributed by atoms with E-state index in [1.807, 2.05) is 17.4 Å². The van der Waals surface area contributed by atoms with Crippen LogP contribution < -0.4 is 4.74 Å². The van der Waals surface area contributed by atoms with E-state index in [0.717, 1.165) is 12.2 Å². The van der Waals surface area contributed by atoms with Gasteiger partial charge in [-0.25, -0.2) is 0 Å². The maximum absolute atomic E-state index is 5.24. The van der Waals surface area contributed by atoms with Crippen LogP contribution in [-0.2, 0) is 6.42 Å². The van der Waals surface area contributed by atoms with E-state index < -0.39 is 0 Å². The molecule has 1 nitrogen and oxygen atoms in total. The predicted octanol–water partition coefficient (Wildman–Crippen LogP) is 4.50. The number of rotatable bonds is 2. The van der Waals surface area contributed by atoms with Gasteiger partial charge in [0.05, 0.1) is 7.11 Å². The molecule has 0 atom stereocenters. The fraction of sp³-hybridized carbons (Fsp3) is 0.429. The summed E-state index contributed by atoms with van der Waals surface area (Å²) >= 11 is 1.87. The van der Waals surface area contributed by atoms with Gasteiger partial charge in [-0.3, -0.25) is 0 Å². The van der Waals surface area contributed by atoms with Gasteiger partial charge in [0.15, 0.2) is 0 Å². The number of benzene rings is 1. The number of hydrogen-bond donors (Lipinski definition) is 0. The molecule has 2 heteroatoms. The van der Waals surface area contributed by atoms with Crippen molar-refractivity contribution in [3.05, 3.63) is 29.1 Å². The molecule has 0 bridgehead atoms. The van der Waals surface area contributed by atoms with Crippen LogP contribution in [0.5, 0.6) is 5.75 Å². The van der Waals surface area contributed by atoms with Crippen LogP contribution in [0.25, 0.3) is 10.1 Å². The van der Waals surface area contributed by atoms with Crippen LogP contribution in [0, 0.1) is 5.41 Å². The van der Waals surface area contributed by atoms with Gasteiger partial charge in [0.1, 0.15) is 5.75 Å². The first-order valence-corrected chi connectivity index (χ1v) is 6.36. The van der Waals surface area contributed by atoms with E-state index in [9.17, 15) is 0 Å². The van der Waals surface area contributed by atoms with Crippen LogP contribution in [0.3, 0.4) is 0 Å². The fourth-order valence-corrected chi connectivity index (χ4v) is 3.20. The molecule has 1 aromatic carbocycles. The average molecular weight is 234 g/mol. The Morgan fingerprint density at radius 2 is 1.94 bits per heavy atom. The number of ether oxygens (including phenoxy) is 1. The lowest BCUT2D eigenvalue weighted by Crippen LogP contribution is -2.07. The zero-order valence-electron chi connectivity index (χ0n) is 10.3. The summed E-state index contributed by atoms with van der Waals surface area (Å²) < 4.78 is 6.56. The molecular formula is C14H18OS. The van der Waals surface area contributed by atoms with E-state index >= 15 is 0 Å². The molecule has 0 amide bonds. The van der Waals surface area contributed by atoms with E-state index in [0.29, 0.717) is 5.41 Å².